The molecule has 2 aromatic carbocycles. The Morgan fingerprint density at radius 2 is 1.88 bits per heavy atom. The fraction of sp³-hybridized carbons (Fsp3) is 0.100. The quantitative estimate of drug-likeness (QED) is 0.223. The van der Waals surface area contributed by atoms with Gasteiger partial charge in [-0.05, 0) is 72.6 Å². The van der Waals surface area contributed by atoms with E-state index in [2.05, 4.69) is 25.7 Å². The first kappa shape index (κ1) is 26.2. The smallest absolute Gasteiger partial charge is 0.255 e. The van der Waals surface area contributed by atoms with Crippen LogP contribution in [0.2, 0.25) is 0 Å². The molecule has 41 heavy (non-hydrogen) atoms. The molecule has 1 amide bonds. The molecular weight excluding hydrogens is 544 g/mol. The molecule has 2 N–H and O–H groups in total. The molecule has 0 saturated heterocycles. The first-order valence-corrected chi connectivity index (χ1v) is 13.6. The van der Waals surface area contributed by atoms with Crippen molar-refractivity contribution in [3.05, 3.63) is 119 Å². The number of carbonyl (C=O) groups excluding carboxylic acids is 1. The highest BCUT2D eigenvalue weighted by Gasteiger charge is 2.17. The van der Waals surface area contributed by atoms with Gasteiger partial charge in [-0.3, -0.25) is 9.78 Å². The number of carbonyl (C=O) groups is 1. The predicted octanol–water partition coefficient (Wildman–Crippen LogP) is 6.32. The van der Waals surface area contributed by atoms with E-state index in [0.717, 1.165) is 38.5 Å². The molecule has 0 saturated carbocycles. The van der Waals surface area contributed by atoms with Gasteiger partial charge in [-0.2, -0.15) is 5.10 Å². The van der Waals surface area contributed by atoms with Crippen LogP contribution < -0.4 is 10.6 Å². The van der Waals surface area contributed by atoms with Crippen molar-refractivity contribution >= 4 is 34.1 Å². The highest BCUT2D eigenvalue weighted by atomic mass is 32.1. The van der Waals surface area contributed by atoms with Gasteiger partial charge in [0.2, 0.25) is 0 Å². The summed E-state index contributed by atoms with van der Waals surface area (Å²) in [5.41, 5.74) is 3.39. The van der Waals surface area contributed by atoms with Gasteiger partial charge in [-0.1, -0.05) is 12.1 Å². The molecule has 0 radical (unpaired) electrons. The summed E-state index contributed by atoms with van der Waals surface area (Å²) in [6.45, 7) is 2.16. The maximum Gasteiger partial charge on any atom is 0.255 e. The summed E-state index contributed by atoms with van der Waals surface area (Å²) in [5.74, 6) is -1.21. The minimum Gasteiger partial charge on any atom is -0.365 e. The first-order valence-electron chi connectivity index (χ1n) is 12.8. The van der Waals surface area contributed by atoms with Gasteiger partial charge < -0.3 is 10.6 Å². The number of thiophene rings is 1. The molecule has 0 aliphatic rings. The number of halogens is 2. The van der Waals surface area contributed by atoms with Crippen LogP contribution in [0.3, 0.4) is 0 Å². The zero-order valence-electron chi connectivity index (χ0n) is 21.8. The fourth-order valence-electron chi connectivity index (χ4n) is 4.34. The Labute approximate surface area is 237 Å². The van der Waals surface area contributed by atoms with Gasteiger partial charge in [-0.15, -0.1) is 11.3 Å². The Hall–Kier alpha value is -5.03. The number of aromatic nitrogens is 5. The third-order valence-electron chi connectivity index (χ3n) is 6.49. The molecule has 0 aliphatic heterocycles. The minimum absolute atomic E-state index is 0.347. The lowest BCUT2D eigenvalue weighted by atomic mass is 10.1. The van der Waals surface area contributed by atoms with Crippen LogP contribution in [0.25, 0.3) is 27.3 Å². The highest BCUT2D eigenvalue weighted by Crippen LogP contribution is 2.30. The van der Waals surface area contributed by atoms with E-state index in [9.17, 15) is 13.6 Å². The molecule has 1 atom stereocenters. The standard InChI is InChI=1S/C30H23F2N7OS/c1-18(19-5-8-23(31)24(32)14-19)37-30(40)22-4-2-11-33-29(22)35-16-21-7-10-27(41-21)20-6-9-25-26(15-20)38-28(17-34-25)39-13-3-12-36-39/h2-15,17-18H,16H2,1H3,(H,33,35)(H,37,40)/t18-/m0/s1. The van der Waals surface area contributed by atoms with E-state index in [0.29, 0.717) is 29.3 Å². The summed E-state index contributed by atoms with van der Waals surface area (Å²) < 4.78 is 28.6. The zero-order chi connectivity index (χ0) is 28.3. The average molecular weight is 568 g/mol. The van der Waals surface area contributed by atoms with Crippen molar-refractivity contribution in [2.75, 3.05) is 5.32 Å². The molecule has 6 aromatic rings. The summed E-state index contributed by atoms with van der Waals surface area (Å²) in [4.78, 5) is 28.7. The molecular formula is C30H23F2N7OS. The molecule has 4 aromatic heterocycles. The van der Waals surface area contributed by atoms with Crippen LogP contribution in [0.5, 0.6) is 0 Å². The van der Waals surface area contributed by atoms with E-state index in [1.54, 1.807) is 53.7 Å². The van der Waals surface area contributed by atoms with Crippen LogP contribution in [0.4, 0.5) is 14.6 Å². The van der Waals surface area contributed by atoms with Crippen molar-refractivity contribution < 1.29 is 13.6 Å². The van der Waals surface area contributed by atoms with Gasteiger partial charge in [0, 0.05) is 28.3 Å². The zero-order valence-corrected chi connectivity index (χ0v) is 22.6. The van der Waals surface area contributed by atoms with Gasteiger partial charge in [-0.25, -0.2) is 23.4 Å². The molecule has 0 fully saturated rings. The molecule has 6 rings (SSSR count). The Morgan fingerprint density at radius 1 is 0.976 bits per heavy atom. The molecule has 0 unspecified atom stereocenters. The third kappa shape index (κ3) is 5.66. The topological polar surface area (TPSA) is 97.6 Å². The lowest BCUT2D eigenvalue weighted by molar-refractivity contribution is 0.0940. The normalized spacial score (nSPS) is 11.9. The molecule has 204 valence electrons. The molecule has 8 nitrogen and oxygen atoms in total. The number of rotatable bonds is 8. The van der Waals surface area contributed by atoms with Crippen LogP contribution in [0.1, 0.15) is 33.8 Å². The largest absolute Gasteiger partial charge is 0.365 e. The van der Waals surface area contributed by atoms with E-state index in [1.807, 2.05) is 42.6 Å². The van der Waals surface area contributed by atoms with E-state index >= 15 is 0 Å². The SMILES string of the molecule is C[C@H](NC(=O)c1cccnc1NCc1ccc(-c2ccc3ncc(-n4cccn4)nc3c2)s1)c1ccc(F)c(F)c1. The second kappa shape index (κ2) is 11.2. The number of anilines is 1. The van der Waals surface area contributed by atoms with Crippen molar-refractivity contribution in [2.45, 2.75) is 19.5 Å². The Bertz CT molecular complexity index is 1860. The van der Waals surface area contributed by atoms with E-state index < -0.39 is 17.7 Å². The van der Waals surface area contributed by atoms with E-state index in [-0.39, 0.29) is 5.91 Å². The monoisotopic (exact) mass is 567 g/mol. The Morgan fingerprint density at radius 3 is 2.71 bits per heavy atom. The fourth-order valence-corrected chi connectivity index (χ4v) is 5.28. The summed E-state index contributed by atoms with van der Waals surface area (Å²) in [6.07, 6.45) is 6.81. The highest BCUT2D eigenvalue weighted by molar-refractivity contribution is 7.15. The van der Waals surface area contributed by atoms with Crippen LogP contribution in [-0.2, 0) is 6.54 Å². The van der Waals surface area contributed by atoms with Gasteiger partial charge in [0.1, 0.15) is 5.82 Å². The minimum atomic E-state index is -0.960. The van der Waals surface area contributed by atoms with Crippen LogP contribution in [0.15, 0.2) is 91.5 Å². The van der Waals surface area contributed by atoms with Crippen LogP contribution in [0, 0.1) is 11.6 Å². The average Bonchev–Trinajstić information content (AvgIpc) is 3.70. The van der Waals surface area contributed by atoms with Crippen LogP contribution >= 0.6 is 11.3 Å². The number of hydrogen-bond donors (Lipinski definition) is 2. The number of nitrogens with one attached hydrogen (secondary N) is 2. The number of hydrogen-bond acceptors (Lipinski definition) is 7. The van der Waals surface area contributed by atoms with Gasteiger partial charge >= 0.3 is 0 Å². The number of amides is 1. The number of pyridine rings is 1. The van der Waals surface area contributed by atoms with Gasteiger partial charge in [0.05, 0.1) is 35.4 Å². The van der Waals surface area contributed by atoms with Crippen molar-refractivity contribution in [3.8, 4) is 16.3 Å². The first-order chi connectivity index (χ1) is 19.9. The maximum atomic E-state index is 13.7. The van der Waals surface area contributed by atoms with Crippen LogP contribution in [-0.4, -0.2) is 30.6 Å². The maximum absolute atomic E-state index is 13.7. The Kier molecular flexibility index (Phi) is 7.17. The second-order valence-corrected chi connectivity index (χ2v) is 10.4. The molecule has 0 spiro atoms. The summed E-state index contributed by atoms with van der Waals surface area (Å²) in [5, 5.41) is 10.3. The van der Waals surface area contributed by atoms with Crippen molar-refractivity contribution in [3.63, 3.8) is 0 Å². The van der Waals surface area contributed by atoms with Gasteiger partial charge in [0.15, 0.2) is 17.5 Å². The lowest BCUT2D eigenvalue weighted by Crippen LogP contribution is -2.27. The predicted molar refractivity (Wildman–Crippen MR) is 154 cm³/mol. The van der Waals surface area contributed by atoms with Crippen molar-refractivity contribution in [1.29, 1.82) is 0 Å². The number of benzene rings is 2. The second-order valence-electron chi connectivity index (χ2n) is 9.27. The number of fused-ring (bicyclic) bond motifs is 1. The lowest BCUT2D eigenvalue weighted by Gasteiger charge is -2.16. The summed E-state index contributed by atoms with van der Waals surface area (Å²) in [6, 6.07) is 18.2. The third-order valence-corrected chi connectivity index (χ3v) is 7.62. The molecule has 11 heteroatoms. The summed E-state index contributed by atoms with van der Waals surface area (Å²) in [7, 11) is 0. The van der Waals surface area contributed by atoms with Crippen molar-refractivity contribution in [1.82, 2.24) is 30.0 Å². The van der Waals surface area contributed by atoms with E-state index in [4.69, 9.17) is 4.98 Å². The van der Waals surface area contributed by atoms with E-state index in [1.165, 1.54) is 6.07 Å². The molecule has 0 bridgehead atoms. The molecule has 0 aliphatic carbocycles. The Balaban J connectivity index is 1.15. The summed E-state index contributed by atoms with van der Waals surface area (Å²) >= 11 is 1.62. The van der Waals surface area contributed by atoms with Gasteiger partial charge in [0.25, 0.3) is 5.91 Å². The van der Waals surface area contributed by atoms with Crippen molar-refractivity contribution in [2.24, 2.45) is 0 Å². The molecule has 4 heterocycles. The number of nitrogens with zero attached hydrogens (tertiary/aromatic N) is 5.